The summed E-state index contributed by atoms with van der Waals surface area (Å²) in [6, 6.07) is 19.1. The number of hydrogen-bond donors (Lipinski definition) is 2. The molecule has 30 heavy (non-hydrogen) atoms. The van der Waals surface area contributed by atoms with E-state index in [9.17, 15) is 14.4 Å². The Morgan fingerprint density at radius 3 is 2.40 bits per heavy atom. The van der Waals surface area contributed by atoms with Crippen molar-refractivity contribution < 1.29 is 14.4 Å². The first-order valence-corrected chi connectivity index (χ1v) is 9.82. The number of benzene rings is 3. The van der Waals surface area contributed by atoms with Gasteiger partial charge in [-0.05, 0) is 30.5 Å². The molecule has 6 nitrogen and oxygen atoms in total. The maximum atomic E-state index is 12.6. The number of carbonyl (C=O) groups is 3. The third kappa shape index (κ3) is 4.96. The number of fused-ring (bicyclic) bond motifs is 1. The summed E-state index contributed by atoms with van der Waals surface area (Å²) in [6.45, 7) is 1.42. The van der Waals surface area contributed by atoms with Crippen LogP contribution >= 0.6 is 11.6 Å². The molecule has 3 amide bonds. The highest BCUT2D eigenvalue weighted by Crippen LogP contribution is 2.22. The van der Waals surface area contributed by atoms with Crippen LogP contribution in [0.4, 0.5) is 5.69 Å². The molecule has 0 aromatic heterocycles. The van der Waals surface area contributed by atoms with E-state index in [0.29, 0.717) is 10.7 Å². The molecule has 7 heteroatoms. The van der Waals surface area contributed by atoms with Gasteiger partial charge in [-0.25, -0.2) is 0 Å². The monoisotopic (exact) mass is 423 g/mol. The first-order chi connectivity index (χ1) is 14.4. The Bertz CT molecular complexity index is 1090. The summed E-state index contributed by atoms with van der Waals surface area (Å²) in [4.78, 5) is 38.7. The lowest BCUT2D eigenvalue weighted by Crippen LogP contribution is -2.47. The standard InChI is InChI=1S/C23H22ClN3O3/c1-15(25-22(29)18-11-5-6-12-19(18)24)23(30)27(2)14-21(28)26-20-13-7-9-16-8-3-4-10-17(16)20/h3-13,15H,14H2,1-2H3,(H,25,29)(H,26,28). The molecular formula is C23H22ClN3O3. The summed E-state index contributed by atoms with van der Waals surface area (Å²) in [6.07, 6.45) is 0. The number of amides is 3. The van der Waals surface area contributed by atoms with Crippen molar-refractivity contribution in [2.75, 3.05) is 18.9 Å². The predicted octanol–water partition coefficient (Wildman–Crippen LogP) is 3.71. The van der Waals surface area contributed by atoms with Gasteiger partial charge in [-0.3, -0.25) is 14.4 Å². The van der Waals surface area contributed by atoms with E-state index in [0.717, 1.165) is 10.8 Å². The number of halogens is 1. The predicted molar refractivity (Wildman–Crippen MR) is 119 cm³/mol. The fraction of sp³-hybridized carbons (Fsp3) is 0.174. The summed E-state index contributed by atoms with van der Waals surface area (Å²) in [5.74, 6) is -1.16. The number of hydrogen-bond acceptors (Lipinski definition) is 3. The highest BCUT2D eigenvalue weighted by atomic mass is 35.5. The molecule has 2 N–H and O–H groups in total. The lowest BCUT2D eigenvalue weighted by atomic mass is 10.1. The fourth-order valence-corrected chi connectivity index (χ4v) is 3.35. The Kier molecular flexibility index (Phi) is 6.69. The Labute approximate surface area is 179 Å². The van der Waals surface area contributed by atoms with Gasteiger partial charge in [0.05, 0.1) is 17.1 Å². The second-order valence-corrected chi connectivity index (χ2v) is 7.35. The van der Waals surface area contributed by atoms with Crippen LogP contribution in [0.2, 0.25) is 5.02 Å². The van der Waals surface area contributed by atoms with Crippen LogP contribution < -0.4 is 10.6 Å². The van der Waals surface area contributed by atoms with E-state index in [1.807, 2.05) is 42.5 Å². The van der Waals surface area contributed by atoms with Gasteiger partial charge in [-0.15, -0.1) is 0 Å². The van der Waals surface area contributed by atoms with Gasteiger partial charge >= 0.3 is 0 Å². The molecule has 0 aliphatic carbocycles. The highest BCUT2D eigenvalue weighted by molar-refractivity contribution is 6.33. The number of nitrogens with zero attached hydrogens (tertiary/aromatic N) is 1. The maximum Gasteiger partial charge on any atom is 0.253 e. The van der Waals surface area contributed by atoms with E-state index in [-0.39, 0.29) is 23.9 Å². The van der Waals surface area contributed by atoms with Crippen LogP contribution in [-0.2, 0) is 9.59 Å². The molecule has 0 saturated carbocycles. The third-order valence-corrected chi connectivity index (χ3v) is 4.99. The average Bonchev–Trinajstić information content (AvgIpc) is 2.73. The first-order valence-electron chi connectivity index (χ1n) is 9.45. The molecule has 0 radical (unpaired) electrons. The summed E-state index contributed by atoms with van der Waals surface area (Å²) < 4.78 is 0. The molecule has 0 saturated heterocycles. The Morgan fingerprint density at radius 2 is 1.63 bits per heavy atom. The van der Waals surface area contributed by atoms with Gasteiger partial charge in [-0.2, -0.15) is 0 Å². The molecule has 3 rings (SSSR count). The van der Waals surface area contributed by atoms with Crippen molar-refractivity contribution in [2.24, 2.45) is 0 Å². The Balaban J connectivity index is 1.59. The minimum absolute atomic E-state index is 0.144. The quantitative estimate of drug-likeness (QED) is 0.634. The van der Waals surface area contributed by atoms with Gasteiger partial charge in [-0.1, -0.05) is 60.1 Å². The van der Waals surface area contributed by atoms with Gasteiger partial charge in [0, 0.05) is 18.1 Å². The average molecular weight is 424 g/mol. The number of nitrogens with one attached hydrogen (secondary N) is 2. The van der Waals surface area contributed by atoms with E-state index >= 15 is 0 Å². The summed E-state index contributed by atoms with van der Waals surface area (Å²) in [7, 11) is 1.52. The van der Waals surface area contributed by atoms with E-state index in [4.69, 9.17) is 11.6 Å². The minimum atomic E-state index is -0.816. The lowest BCUT2D eigenvalue weighted by molar-refractivity contribution is -0.134. The fourth-order valence-electron chi connectivity index (χ4n) is 3.13. The van der Waals surface area contributed by atoms with Crippen LogP contribution in [0.3, 0.4) is 0 Å². The third-order valence-electron chi connectivity index (χ3n) is 4.66. The van der Waals surface area contributed by atoms with Gasteiger partial charge in [0.1, 0.15) is 6.04 Å². The van der Waals surface area contributed by atoms with Crippen LogP contribution in [0.25, 0.3) is 10.8 Å². The zero-order valence-electron chi connectivity index (χ0n) is 16.7. The van der Waals surface area contributed by atoms with Gasteiger partial charge in [0.25, 0.3) is 5.91 Å². The van der Waals surface area contributed by atoms with E-state index < -0.39 is 11.9 Å². The SMILES string of the molecule is CC(NC(=O)c1ccccc1Cl)C(=O)N(C)CC(=O)Nc1cccc2ccccc12. The molecule has 0 heterocycles. The molecule has 0 fully saturated rings. The van der Waals surface area contributed by atoms with Crippen molar-refractivity contribution in [3.05, 3.63) is 77.3 Å². The molecule has 1 atom stereocenters. The molecule has 154 valence electrons. The molecule has 3 aromatic rings. The number of anilines is 1. The van der Waals surface area contributed by atoms with E-state index in [2.05, 4.69) is 10.6 Å². The Morgan fingerprint density at radius 1 is 0.967 bits per heavy atom. The van der Waals surface area contributed by atoms with Crippen LogP contribution in [-0.4, -0.2) is 42.3 Å². The van der Waals surface area contributed by atoms with E-state index in [1.165, 1.54) is 11.9 Å². The maximum absolute atomic E-state index is 12.6. The highest BCUT2D eigenvalue weighted by Gasteiger charge is 2.22. The normalized spacial score (nSPS) is 11.6. The zero-order chi connectivity index (χ0) is 21.7. The molecule has 1 unspecified atom stereocenters. The van der Waals surface area contributed by atoms with Gasteiger partial charge in [0.15, 0.2) is 0 Å². The molecular weight excluding hydrogens is 402 g/mol. The molecule has 0 aliphatic rings. The van der Waals surface area contributed by atoms with Gasteiger partial charge < -0.3 is 15.5 Å². The van der Waals surface area contributed by atoms with Crippen LogP contribution in [0.5, 0.6) is 0 Å². The topological polar surface area (TPSA) is 78.5 Å². The minimum Gasteiger partial charge on any atom is -0.340 e. The van der Waals surface area contributed by atoms with Crippen LogP contribution in [0.15, 0.2) is 66.7 Å². The van der Waals surface area contributed by atoms with Crippen molar-refractivity contribution in [1.29, 1.82) is 0 Å². The van der Waals surface area contributed by atoms with Crippen LogP contribution in [0.1, 0.15) is 17.3 Å². The summed E-state index contributed by atoms with van der Waals surface area (Å²) >= 11 is 6.02. The molecule has 3 aromatic carbocycles. The number of likely N-dealkylation sites (N-methyl/N-ethyl adjacent to an activating group) is 1. The number of rotatable bonds is 6. The van der Waals surface area contributed by atoms with Gasteiger partial charge in [0.2, 0.25) is 11.8 Å². The van der Waals surface area contributed by atoms with Crippen molar-refractivity contribution in [3.63, 3.8) is 0 Å². The number of carbonyl (C=O) groups excluding carboxylic acids is 3. The Hall–Kier alpha value is -3.38. The lowest BCUT2D eigenvalue weighted by Gasteiger charge is -2.22. The zero-order valence-corrected chi connectivity index (χ0v) is 17.4. The largest absolute Gasteiger partial charge is 0.340 e. The second kappa shape index (κ2) is 9.41. The molecule has 0 aliphatic heterocycles. The van der Waals surface area contributed by atoms with E-state index in [1.54, 1.807) is 31.2 Å². The summed E-state index contributed by atoms with van der Waals surface area (Å²) in [5.41, 5.74) is 0.967. The summed E-state index contributed by atoms with van der Waals surface area (Å²) in [5, 5.41) is 7.70. The smallest absolute Gasteiger partial charge is 0.253 e. The molecule has 0 bridgehead atoms. The van der Waals surface area contributed by atoms with Crippen molar-refractivity contribution in [2.45, 2.75) is 13.0 Å². The van der Waals surface area contributed by atoms with Crippen molar-refractivity contribution in [3.8, 4) is 0 Å². The van der Waals surface area contributed by atoms with Crippen LogP contribution in [0, 0.1) is 0 Å². The van der Waals surface area contributed by atoms with Crippen molar-refractivity contribution in [1.82, 2.24) is 10.2 Å². The molecule has 0 spiro atoms. The van der Waals surface area contributed by atoms with Crippen molar-refractivity contribution >= 4 is 45.8 Å². The first kappa shape index (κ1) is 21.3. The second-order valence-electron chi connectivity index (χ2n) is 6.94.